The second kappa shape index (κ2) is 4.80. The molecule has 1 saturated heterocycles. The van der Waals surface area contributed by atoms with Crippen LogP contribution in [0.4, 0.5) is 11.4 Å². The first-order chi connectivity index (χ1) is 9.06. The molecule has 0 bridgehead atoms. The predicted molar refractivity (Wildman–Crippen MR) is 78.3 cm³/mol. The summed E-state index contributed by atoms with van der Waals surface area (Å²) in [7, 11) is 0. The molecule has 19 heavy (non-hydrogen) atoms. The molecule has 0 radical (unpaired) electrons. The first-order valence-corrected chi connectivity index (χ1v) is 7.43. The number of piperidine rings is 1. The van der Waals surface area contributed by atoms with Crippen LogP contribution in [-0.4, -0.2) is 24.1 Å². The summed E-state index contributed by atoms with van der Waals surface area (Å²) in [4.78, 5) is 13.8. The van der Waals surface area contributed by atoms with Gasteiger partial charge in [0.2, 0.25) is 0 Å². The molecule has 1 unspecified atom stereocenters. The Morgan fingerprint density at radius 3 is 2.74 bits per heavy atom. The fourth-order valence-electron chi connectivity index (χ4n) is 2.75. The SMILES string of the molecule is CC1CCN(c2cc3c(cc2Br)C(O)C(=O)N3)CC1. The van der Waals surface area contributed by atoms with Crippen LogP contribution in [0.5, 0.6) is 0 Å². The number of aliphatic hydroxyl groups excluding tert-OH is 1. The zero-order valence-electron chi connectivity index (χ0n) is 10.8. The second-order valence-electron chi connectivity index (χ2n) is 5.45. The summed E-state index contributed by atoms with van der Waals surface area (Å²) >= 11 is 3.56. The maximum Gasteiger partial charge on any atom is 0.257 e. The number of carbonyl (C=O) groups is 1. The largest absolute Gasteiger partial charge is 0.378 e. The first-order valence-electron chi connectivity index (χ1n) is 6.63. The number of rotatable bonds is 1. The van der Waals surface area contributed by atoms with Gasteiger partial charge < -0.3 is 15.3 Å². The number of amides is 1. The van der Waals surface area contributed by atoms with Crippen molar-refractivity contribution < 1.29 is 9.90 Å². The number of nitrogens with one attached hydrogen (secondary N) is 1. The minimum absolute atomic E-state index is 0.341. The normalized spacial score (nSPS) is 23.4. The molecule has 5 heteroatoms. The summed E-state index contributed by atoms with van der Waals surface area (Å²) in [5.74, 6) is 0.442. The molecular weight excluding hydrogens is 308 g/mol. The van der Waals surface area contributed by atoms with Gasteiger partial charge in [0.25, 0.3) is 5.91 Å². The van der Waals surface area contributed by atoms with Gasteiger partial charge in [-0.2, -0.15) is 0 Å². The van der Waals surface area contributed by atoms with E-state index in [1.807, 2.05) is 12.1 Å². The number of nitrogens with zero attached hydrogens (tertiary/aromatic N) is 1. The van der Waals surface area contributed by atoms with E-state index in [1.54, 1.807) is 0 Å². The molecule has 1 aromatic carbocycles. The molecule has 2 heterocycles. The van der Waals surface area contributed by atoms with Crippen LogP contribution in [0.2, 0.25) is 0 Å². The van der Waals surface area contributed by atoms with E-state index in [0.717, 1.165) is 34.9 Å². The number of hydrogen-bond acceptors (Lipinski definition) is 3. The highest BCUT2D eigenvalue weighted by atomic mass is 79.9. The standard InChI is InChI=1S/C14H17BrN2O2/c1-8-2-4-17(5-3-8)12-7-11-9(6-10(12)15)13(18)14(19)16-11/h6-8,13,18H,2-5H2,1H3,(H,16,19). The molecule has 1 amide bonds. The molecule has 1 fully saturated rings. The monoisotopic (exact) mass is 324 g/mol. The third-order valence-corrected chi connectivity index (χ3v) is 4.68. The quantitative estimate of drug-likeness (QED) is 0.835. The van der Waals surface area contributed by atoms with Crippen molar-refractivity contribution in [2.45, 2.75) is 25.9 Å². The van der Waals surface area contributed by atoms with Gasteiger partial charge in [-0.1, -0.05) is 6.92 Å². The number of benzene rings is 1. The summed E-state index contributed by atoms with van der Waals surface area (Å²) in [6, 6.07) is 3.81. The van der Waals surface area contributed by atoms with Gasteiger partial charge in [0, 0.05) is 28.8 Å². The molecular formula is C14H17BrN2O2. The van der Waals surface area contributed by atoms with Crippen LogP contribution in [-0.2, 0) is 4.79 Å². The predicted octanol–water partition coefficient (Wildman–Crippen LogP) is 2.67. The van der Waals surface area contributed by atoms with E-state index in [9.17, 15) is 9.90 Å². The van der Waals surface area contributed by atoms with Gasteiger partial charge in [0.05, 0.1) is 5.69 Å². The average molecular weight is 325 g/mol. The number of carbonyl (C=O) groups excluding carboxylic acids is 1. The van der Waals surface area contributed by atoms with Crippen LogP contribution in [0, 0.1) is 5.92 Å². The molecule has 102 valence electrons. The van der Waals surface area contributed by atoms with E-state index >= 15 is 0 Å². The van der Waals surface area contributed by atoms with Gasteiger partial charge in [-0.25, -0.2) is 0 Å². The minimum Gasteiger partial charge on any atom is -0.378 e. The van der Waals surface area contributed by atoms with Crippen LogP contribution in [0.15, 0.2) is 16.6 Å². The van der Waals surface area contributed by atoms with Gasteiger partial charge in [-0.3, -0.25) is 4.79 Å². The van der Waals surface area contributed by atoms with E-state index in [0.29, 0.717) is 5.56 Å². The molecule has 4 nitrogen and oxygen atoms in total. The van der Waals surface area contributed by atoms with Gasteiger partial charge in [-0.05, 0) is 46.8 Å². The fourth-order valence-corrected chi connectivity index (χ4v) is 3.36. The summed E-state index contributed by atoms with van der Waals surface area (Å²) < 4.78 is 0.941. The van der Waals surface area contributed by atoms with Crippen molar-refractivity contribution in [3.8, 4) is 0 Å². The Balaban J connectivity index is 1.92. The zero-order valence-corrected chi connectivity index (χ0v) is 12.4. The van der Waals surface area contributed by atoms with E-state index in [4.69, 9.17) is 0 Å². The third-order valence-electron chi connectivity index (χ3n) is 4.04. The van der Waals surface area contributed by atoms with Gasteiger partial charge in [-0.15, -0.1) is 0 Å². The number of fused-ring (bicyclic) bond motifs is 1. The Labute approximate surface area is 120 Å². The molecule has 1 aromatic rings. The van der Waals surface area contributed by atoms with E-state index in [1.165, 1.54) is 12.8 Å². The topological polar surface area (TPSA) is 52.6 Å². The fraction of sp³-hybridized carbons (Fsp3) is 0.500. The van der Waals surface area contributed by atoms with Crippen molar-refractivity contribution in [1.82, 2.24) is 0 Å². The van der Waals surface area contributed by atoms with Crippen molar-refractivity contribution in [3.63, 3.8) is 0 Å². The van der Waals surface area contributed by atoms with Crippen LogP contribution in [0.1, 0.15) is 31.4 Å². The highest BCUT2D eigenvalue weighted by Crippen LogP contribution is 2.39. The number of hydrogen-bond donors (Lipinski definition) is 2. The van der Waals surface area contributed by atoms with E-state index in [-0.39, 0.29) is 5.91 Å². The Bertz CT molecular complexity index is 524. The lowest BCUT2D eigenvalue weighted by Crippen LogP contribution is -2.33. The Hall–Kier alpha value is -1.07. The molecule has 0 aromatic heterocycles. The lowest BCUT2D eigenvalue weighted by atomic mass is 9.98. The van der Waals surface area contributed by atoms with Crippen molar-refractivity contribution >= 4 is 33.2 Å². The molecule has 0 saturated carbocycles. The number of anilines is 2. The number of aliphatic hydroxyl groups is 1. The van der Waals surface area contributed by atoms with Crippen LogP contribution >= 0.6 is 15.9 Å². The highest BCUT2D eigenvalue weighted by molar-refractivity contribution is 9.10. The third kappa shape index (κ3) is 2.25. The molecule has 1 atom stereocenters. The number of halogens is 1. The maximum absolute atomic E-state index is 11.5. The Morgan fingerprint density at radius 2 is 2.05 bits per heavy atom. The van der Waals surface area contributed by atoms with Gasteiger partial charge in [0.1, 0.15) is 0 Å². The summed E-state index contributed by atoms with van der Waals surface area (Å²) in [6.45, 7) is 4.36. The molecule has 3 rings (SSSR count). The smallest absolute Gasteiger partial charge is 0.257 e. The average Bonchev–Trinajstić information content (AvgIpc) is 2.66. The second-order valence-corrected chi connectivity index (χ2v) is 6.31. The lowest BCUT2D eigenvalue weighted by Gasteiger charge is -2.33. The summed E-state index contributed by atoms with van der Waals surface area (Å²) in [6.07, 6.45) is 1.35. The summed E-state index contributed by atoms with van der Waals surface area (Å²) in [5.41, 5.74) is 2.49. The first kappa shape index (κ1) is 12.9. The molecule has 2 aliphatic heterocycles. The van der Waals surface area contributed by atoms with Crippen molar-refractivity contribution in [1.29, 1.82) is 0 Å². The van der Waals surface area contributed by atoms with Crippen LogP contribution in [0.25, 0.3) is 0 Å². The van der Waals surface area contributed by atoms with Crippen LogP contribution in [0.3, 0.4) is 0 Å². The molecule has 2 aliphatic rings. The Morgan fingerprint density at radius 1 is 1.37 bits per heavy atom. The van der Waals surface area contributed by atoms with E-state index < -0.39 is 6.10 Å². The lowest BCUT2D eigenvalue weighted by molar-refractivity contribution is -0.123. The maximum atomic E-state index is 11.5. The van der Waals surface area contributed by atoms with Gasteiger partial charge in [0.15, 0.2) is 6.10 Å². The highest BCUT2D eigenvalue weighted by Gasteiger charge is 2.30. The minimum atomic E-state index is -1.04. The Kier molecular flexibility index (Phi) is 3.27. The van der Waals surface area contributed by atoms with Crippen molar-refractivity contribution in [2.75, 3.05) is 23.3 Å². The van der Waals surface area contributed by atoms with Crippen molar-refractivity contribution in [3.05, 3.63) is 22.2 Å². The zero-order chi connectivity index (χ0) is 13.6. The molecule has 2 N–H and O–H groups in total. The van der Waals surface area contributed by atoms with Crippen LogP contribution < -0.4 is 10.2 Å². The van der Waals surface area contributed by atoms with E-state index in [2.05, 4.69) is 33.1 Å². The molecule has 0 aliphatic carbocycles. The summed E-state index contributed by atoms with van der Waals surface area (Å²) in [5, 5.41) is 12.5. The molecule has 0 spiro atoms. The van der Waals surface area contributed by atoms with Gasteiger partial charge >= 0.3 is 0 Å². The van der Waals surface area contributed by atoms with Crippen molar-refractivity contribution in [2.24, 2.45) is 5.92 Å².